The highest BCUT2D eigenvalue weighted by molar-refractivity contribution is 5.73. The molecule has 0 spiro atoms. The van der Waals surface area contributed by atoms with E-state index in [9.17, 15) is 4.79 Å². The second-order valence-electron chi connectivity index (χ2n) is 3.44. The molecule has 2 heterocycles. The zero-order chi connectivity index (χ0) is 11.9. The number of pyridine rings is 1. The standard InChI is InChI=1S/C11H13N5O/c17-11(14-8-10-4-6-15-16-10)13-7-9-3-1-2-5-12-9/h1-6H,7-8H2,(H,15,16)(H2,13,14,17). The van der Waals surface area contributed by atoms with E-state index in [-0.39, 0.29) is 6.03 Å². The number of H-pyrrole nitrogens is 1. The van der Waals surface area contributed by atoms with Crippen LogP contribution in [0, 0.1) is 0 Å². The van der Waals surface area contributed by atoms with E-state index in [2.05, 4.69) is 25.8 Å². The SMILES string of the molecule is O=C(NCc1ccccn1)NCc1ccn[nH]1. The van der Waals surface area contributed by atoms with Crippen LogP contribution in [-0.4, -0.2) is 21.2 Å². The highest BCUT2D eigenvalue weighted by atomic mass is 16.2. The first-order valence-electron chi connectivity index (χ1n) is 5.24. The predicted molar refractivity (Wildman–Crippen MR) is 61.9 cm³/mol. The smallest absolute Gasteiger partial charge is 0.315 e. The minimum absolute atomic E-state index is 0.231. The van der Waals surface area contributed by atoms with E-state index in [4.69, 9.17) is 0 Å². The van der Waals surface area contributed by atoms with Crippen molar-refractivity contribution in [1.29, 1.82) is 0 Å². The van der Waals surface area contributed by atoms with Crippen molar-refractivity contribution in [2.24, 2.45) is 0 Å². The van der Waals surface area contributed by atoms with Crippen LogP contribution < -0.4 is 10.6 Å². The fourth-order valence-corrected chi connectivity index (χ4v) is 1.29. The number of nitrogens with zero attached hydrogens (tertiary/aromatic N) is 2. The maximum atomic E-state index is 11.4. The van der Waals surface area contributed by atoms with E-state index in [0.29, 0.717) is 13.1 Å². The van der Waals surface area contributed by atoms with Gasteiger partial charge in [0.1, 0.15) is 0 Å². The number of carbonyl (C=O) groups excluding carboxylic acids is 1. The van der Waals surface area contributed by atoms with E-state index in [1.54, 1.807) is 18.5 Å². The van der Waals surface area contributed by atoms with Crippen LogP contribution in [-0.2, 0) is 13.1 Å². The average Bonchev–Trinajstić information content (AvgIpc) is 2.88. The summed E-state index contributed by atoms with van der Waals surface area (Å²) >= 11 is 0. The van der Waals surface area contributed by atoms with E-state index < -0.39 is 0 Å². The van der Waals surface area contributed by atoms with Gasteiger partial charge in [0.05, 0.1) is 24.5 Å². The molecular weight excluding hydrogens is 218 g/mol. The van der Waals surface area contributed by atoms with Gasteiger partial charge in [0.15, 0.2) is 0 Å². The van der Waals surface area contributed by atoms with Gasteiger partial charge in [-0.1, -0.05) is 6.07 Å². The van der Waals surface area contributed by atoms with Crippen molar-refractivity contribution >= 4 is 6.03 Å². The Balaban J connectivity index is 1.71. The zero-order valence-corrected chi connectivity index (χ0v) is 9.18. The predicted octanol–water partition coefficient (Wildman–Crippen LogP) is 0.804. The largest absolute Gasteiger partial charge is 0.333 e. The third kappa shape index (κ3) is 3.60. The van der Waals surface area contributed by atoms with Crippen molar-refractivity contribution in [3.63, 3.8) is 0 Å². The Hall–Kier alpha value is -2.37. The normalized spacial score (nSPS) is 9.88. The molecular formula is C11H13N5O. The molecule has 0 bridgehead atoms. The summed E-state index contributed by atoms with van der Waals surface area (Å²) in [5.41, 5.74) is 1.68. The van der Waals surface area contributed by atoms with Crippen molar-refractivity contribution in [1.82, 2.24) is 25.8 Å². The molecule has 0 aromatic carbocycles. The third-order valence-electron chi connectivity index (χ3n) is 2.15. The zero-order valence-electron chi connectivity index (χ0n) is 9.18. The molecule has 6 nitrogen and oxygen atoms in total. The highest BCUT2D eigenvalue weighted by Gasteiger charge is 2.01. The lowest BCUT2D eigenvalue weighted by Gasteiger charge is -2.05. The van der Waals surface area contributed by atoms with Crippen LogP contribution in [0.3, 0.4) is 0 Å². The molecule has 2 aromatic heterocycles. The maximum Gasteiger partial charge on any atom is 0.315 e. The van der Waals surface area contributed by atoms with Crippen LogP contribution in [0.4, 0.5) is 4.79 Å². The number of rotatable bonds is 4. The minimum atomic E-state index is -0.231. The molecule has 0 aliphatic rings. The molecule has 0 aliphatic carbocycles. The molecule has 2 rings (SSSR count). The van der Waals surface area contributed by atoms with Gasteiger partial charge in [-0.2, -0.15) is 5.10 Å². The van der Waals surface area contributed by atoms with Gasteiger partial charge >= 0.3 is 6.03 Å². The Morgan fingerprint density at radius 3 is 2.76 bits per heavy atom. The van der Waals surface area contributed by atoms with Gasteiger partial charge in [-0.15, -0.1) is 0 Å². The van der Waals surface area contributed by atoms with Crippen molar-refractivity contribution in [3.05, 3.63) is 48.0 Å². The summed E-state index contributed by atoms with van der Waals surface area (Å²) in [7, 11) is 0. The molecule has 88 valence electrons. The summed E-state index contributed by atoms with van der Waals surface area (Å²) in [5.74, 6) is 0. The summed E-state index contributed by atoms with van der Waals surface area (Å²) in [6.07, 6.45) is 3.34. The van der Waals surface area contributed by atoms with Crippen LogP contribution >= 0.6 is 0 Å². The Morgan fingerprint density at radius 2 is 2.06 bits per heavy atom. The van der Waals surface area contributed by atoms with Crippen LogP contribution in [0.2, 0.25) is 0 Å². The van der Waals surface area contributed by atoms with Gasteiger partial charge in [0.25, 0.3) is 0 Å². The minimum Gasteiger partial charge on any atom is -0.333 e. The summed E-state index contributed by atoms with van der Waals surface area (Å²) in [4.78, 5) is 15.5. The fraction of sp³-hybridized carbons (Fsp3) is 0.182. The summed E-state index contributed by atoms with van der Waals surface area (Å²) < 4.78 is 0. The van der Waals surface area contributed by atoms with E-state index in [0.717, 1.165) is 11.4 Å². The van der Waals surface area contributed by atoms with E-state index in [1.807, 2.05) is 18.2 Å². The molecule has 0 fully saturated rings. The topological polar surface area (TPSA) is 82.7 Å². The van der Waals surface area contributed by atoms with Crippen LogP contribution in [0.5, 0.6) is 0 Å². The first kappa shape index (κ1) is 11.1. The lowest BCUT2D eigenvalue weighted by atomic mass is 10.3. The van der Waals surface area contributed by atoms with Gasteiger partial charge in [-0.25, -0.2) is 4.79 Å². The summed E-state index contributed by atoms with van der Waals surface area (Å²) in [6, 6.07) is 7.15. The molecule has 2 aromatic rings. The summed E-state index contributed by atoms with van der Waals surface area (Å²) in [6.45, 7) is 0.837. The third-order valence-corrected chi connectivity index (χ3v) is 2.15. The molecule has 0 saturated heterocycles. The van der Waals surface area contributed by atoms with Gasteiger partial charge < -0.3 is 10.6 Å². The van der Waals surface area contributed by atoms with Crippen LogP contribution in [0.15, 0.2) is 36.7 Å². The highest BCUT2D eigenvalue weighted by Crippen LogP contribution is 1.92. The number of urea groups is 1. The van der Waals surface area contributed by atoms with Crippen molar-refractivity contribution < 1.29 is 4.79 Å². The Kier molecular flexibility index (Phi) is 3.69. The van der Waals surface area contributed by atoms with E-state index in [1.165, 1.54) is 0 Å². The molecule has 0 atom stereocenters. The number of aromatic nitrogens is 3. The lowest BCUT2D eigenvalue weighted by Crippen LogP contribution is -2.34. The molecule has 17 heavy (non-hydrogen) atoms. The number of aromatic amines is 1. The number of carbonyl (C=O) groups is 1. The number of hydrogen-bond acceptors (Lipinski definition) is 3. The molecule has 0 aliphatic heterocycles. The lowest BCUT2D eigenvalue weighted by molar-refractivity contribution is 0.240. The van der Waals surface area contributed by atoms with Gasteiger partial charge in [-0.3, -0.25) is 10.1 Å². The van der Waals surface area contributed by atoms with Gasteiger partial charge in [0.2, 0.25) is 0 Å². The average molecular weight is 231 g/mol. The molecule has 0 radical (unpaired) electrons. The second kappa shape index (κ2) is 5.64. The van der Waals surface area contributed by atoms with Crippen LogP contribution in [0.1, 0.15) is 11.4 Å². The summed E-state index contributed by atoms with van der Waals surface area (Å²) in [5, 5.41) is 12.0. The van der Waals surface area contributed by atoms with Gasteiger partial charge in [-0.05, 0) is 18.2 Å². The van der Waals surface area contributed by atoms with Crippen molar-refractivity contribution in [3.8, 4) is 0 Å². The van der Waals surface area contributed by atoms with Gasteiger partial charge in [0, 0.05) is 12.4 Å². The van der Waals surface area contributed by atoms with Crippen LogP contribution in [0.25, 0.3) is 0 Å². The molecule has 2 amide bonds. The maximum absolute atomic E-state index is 11.4. The first-order chi connectivity index (χ1) is 8.34. The molecule has 0 saturated carbocycles. The fourth-order valence-electron chi connectivity index (χ4n) is 1.29. The second-order valence-corrected chi connectivity index (χ2v) is 3.44. The quantitative estimate of drug-likeness (QED) is 0.728. The number of nitrogens with one attached hydrogen (secondary N) is 3. The Morgan fingerprint density at radius 1 is 1.18 bits per heavy atom. The number of amides is 2. The Labute approximate surface area is 98.5 Å². The molecule has 3 N–H and O–H groups in total. The van der Waals surface area contributed by atoms with Crippen molar-refractivity contribution in [2.45, 2.75) is 13.1 Å². The monoisotopic (exact) mass is 231 g/mol. The number of hydrogen-bond donors (Lipinski definition) is 3. The first-order valence-corrected chi connectivity index (χ1v) is 5.24. The van der Waals surface area contributed by atoms with Crippen molar-refractivity contribution in [2.75, 3.05) is 0 Å². The molecule has 6 heteroatoms. The van der Waals surface area contributed by atoms with E-state index >= 15 is 0 Å². The molecule has 0 unspecified atom stereocenters. The Bertz CT molecular complexity index is 454.